The average Bonchev–Trinajstić information content (AvgIpc) is 3.57. The van der Waals surface area contributed by atoms with Gasteiger partial charge in [0.05, 0.1) is 19.3 Å². The quantitative estimate of drug-likeness (QED) is 0.361. The van der Waals surface area contributed by atoms with Gasteiger partial charge in [0, 0.05) is 58.1 Å². The van der Waals surface area contributed by atoms with Crippen LogP contribution in [0.15, 0.2) is 17.4 Å². The largest absolute Gasteiger partial charge is 0.370 e. The Labute approximate surface area is 179 Å². The minimum atomic E-state index is 0. The van der Waals surface area contributed by atoms with Crippen molar-refractivity contribution in [2.24, 2.45) is 18.0 Å². The zero-order chi connectivity index (χ0) is 17.9. The van der Waals surface area contributed by atoms with Gasteiger partial charge in [-0.25, -0.2) is 0 Å². The smallest absolute Gasteiger partial charge is 0.193 e. The van der Waals surface area contributed by atoms with Gasteiger partial charge in [0.2, 0.25) is 0 Å². The molecule has 0 radical (unpaired) electrons. The van der Waals surface area contributed by atoms with Gasteiger partial charge in [-0.05, 0) is 31.6 Å². The van der Waals surface area contributed by atoms with Gasteiger partial charge >= 0.3 is 0 Å². The molecule has 3 fully saturated rings. The van der Waals surface area contributed by atoms with E-state index in [1.165, 1.54) is 32.2 Å². The normalized spacial score (nSPS) is 23.4. The lowest BCUT2D eigenvalue weighted by molar-refractivity contribution is -0.00805. The molecule has 0 bridgehead atoms. The van der Waals surface area contributed by atoms with Gasteiger partial charge in [0.1, 0.15) is 6.10 Å². The molecule has 0 spiro atoms. The van der Waals surface area contributed by atoms with Gasteiger partial charge in [-0.2, -0.15) is 5.10 Å². The summed E-state index contributed by atoms with van der Waals surface area (Å²) in [5.74, 6) is 1.96. The lowest BCUT2D eigenvalue weighted by Crippen LogP contribution is -2.49. The molecule has 1 aromatic heterocycles. The molecule has 152 valence electrons. The Hall–Kier alpha value is -0.870. The fraction of sp³-hybridized carbons (Fsp3) is 0.789. The molecular weight excluding hydrogens is 455 g/mol. The van der Waals surface area contributed by atoms with Crippen LogP contribution in [0.25, 0.3) is 0 Å². The first-order valence-electron chi connectivity index (χ1n) is 10.0. The van der Waals surface area contributed by atoms with E-state index in [-0.39, 0.29) is 30.1 Å². The zero-order valence-corrected chi connectivity index (χ0v) is 18.8. The number of ether oxygens (including phenoxy) is 1. The van der Waals surface area contributed by atoms with Crippen molar-refractivity contribution in [2.45, 2.75) is 37.8 Å². The maximum absolute atomic E-state index is 5.95. The van der Waals surface area contributed by atoms with Gasteiger partial charge in [-0.1, -0.05) is 0 Å². The van der Waals surface area contributed by atoms with Crippen LogP contribution in [0, 0.1) is 5.92 Å². The van der Waals surface area contributed by atoms with Crippen molar-refractivity contribution in [1.29, 1.82) is 0 Å². The summed E-state index contributed by atoms with van der Waals surface area (Å²) in [6.45, 7) is 5.80. The Morgan fingerprint density at radius 1 is 1.37 bits per heavy atom. The molecule has 2 saturated carbocycles. The number of aliphatic imine (C=N–C) groups is 1. The lowest BCUT2D eigenvalue weighted by Gasteiger charge is -2.35. The first-order chi connectivity index (χ1) is 12.7. The molecule has 1 saturated heterocycles. The van der Waals surface area contributed by atoms with E-state index in [9.17, 15) is 0 Å². The number of halogens is 1. The first kappa shape index (κ1) is 20.9. The summed E-state index contributed by atoms with van der Waals surface area (Å²) in [6.07, 6.45) is 9.64. The molecule has 3 aliphatic rings. The second-order valence-electron chi connectivity index (χ2n) is 7.90. The average molecular weight is 488 g/mol. The number of guanidine groups is 1. The monoisotopic (exact) mass is 488 g/mol. The molecule has 8 heteroatoms. The van der Waals surface area contributed by atoms with E-state index in [0.717, 1.165) is 56.3 Å². The van der Waals surface area contributed by atoms with Crippen LogP contribution in [0.5, 0.6) is 0 Å². The summed E-state index contributed by atoms with van der Waals surface area (Å²) < 4.78 is 7.78. The maximum atomic E-state index is 5.95. The Balaban J connectivity index is 0.00000210. The highest BCUT2D eigenvalue weighted by Crippen LogP contribution is 2.34. The summed E-state index contributed by atoms with van der Waals surface area (Å²) >= 11 is 0. The van der Waals surface area contributed by atoms with Gasteiger partial charge in [-0.3, -0.25) is 14.6 Å². The molecule has 1 aliphatic heterocycles. The van der Waals surface area contributed by atoms with Crippen molar-refractivity contribution >= 4 is 29.9 Å². The van der Waals surface area contributed by atoms with Crippen LogP contribution in [0.3, 0.4) is 0 Å². The fourth-order valence-electron chi connectivity index (χ4n) is 3.79. The summed E-state index contributed by atoms with van der Waals surface area (Å²) in [5.41, 5.74) is 1.14. The Morgan fingerprint density at radius 2 is 2.19 bits per heavy atom. The molecule has 27 heavy (non-hydrogen) atoms. The van der Waals surface area contributed by atoms with Crippen LogP contribution in [0.2, 0.25) is 0 Å². The Kier molecular flexibility index (Phi) is 7.38. The second kappa shape index (κ2) is 9.56. The third kappa shape index (κ3) is 5.80. The van der Waals surface area contributed by atoms with Crippen LogP contribution >= 0.6 is 24.0 Å². The van der Waals surface area contributed by atoms with Crippen LogP contribution in [0.1, 0.15) is 37.4 Å². The van der Waals surface area contributed by atoms with Crippen LogP contribution < -0.4 is 5.32 Å². The number of aryl methyl sites for hydroxylation is 1. The molecule has 2 heterocycles. The molecule has 0 aromatic carbocycles. The second-order valence-corrected chi connectivity index (χ2v) is 7.90. The molecule has 1 aromatic rings. The van der Waals surface area contributed by atoms with Crippen LogP contribution in [-0.2, 0) is 11.8 Å². The summed E-state index contributed by atoms with van der Waals surface area (Å²) in [4.78, 5) is 9.51. The van der Waals surface area contributed by atoms with E-state index in [1.807, 2.05) is 31.2 Å². The molecule has 1 N–H and O–H groups in total. The van der Waals surface area contributed by atoms with E-state index in [4.69, 9.17) is 4.74 Å². The minimum absolute atomic E-state index is 0. The van der Waals surface area contributed by atoms with Gasteiger partial charge in [0.25, 0.3) is 0 Å². The number of morpholine rings is 1. The van der Waals surface area contributed by atoms with Crippen molar-refractivity contribution in [3.8, 4) is 0 Å². The van der Waals surface area contributed by atoms with E-state index in [2.05, 4.69) is 25.2 Å². The number of hydrogen-bond acceptors (Lipinski definition) is 4. The predicted octanol–water partition coefficient (Wildman–Crippen LogP) is 1.86. The highest BCUT2D eigenvalue weighted by Gasteiger charge is 2.33. The van der Waals surface area contributed by atoms with Crippen molar-refractivity contribution in [1.82, 2.24) is 24.9 Å². The number of hydrogen-bond donors (Lipinski definition) is 1. The molecule has 4 rings (SSSR count). The molecule has 0 amide bonds. The molecule has 1 atom stereocenters. The van der Waals surface area contributed by atoms with E-state index in [1.54, 1.807) is 0 Å². The first-order valence-corrected chi connectivity index (χ1v) is 10.0. The predicted molar refractivity (Wildman–Crippen MR) is 118 cm³/mol. The van der Waals surface area contributed by atoms with Crippen LogP contribution in [-0.4, -0.2) is 78.0 Å². The number of nitrogens with zero attached hydrogens (tertiary/aromatic N) is 5. The molecule has 7 nitrogen and oxygen atoms in total. The highest BCUT2D eigenvalue weighted by molar-refractivity contribution is 14.0. The van der Waals surface area contributed by atoms with Gasteiger partial charge in [0.15, 0.2) is 5.96 Å². The number of aromatic nitrogens is 2. The third-order valence-corrected chi connectivity index (χ3v) is 5.61. The maximum Gasteiger partial charge on any atom is 0.193 e. The summed E-state index contributed by atoms with van der Waals surface area (Å²) in [7, 11) is 3.82. The number of rotatable bonds is 7. The zero-order valence-electron chi connectivity index (χ0n) is 16.5. The SMILES string of the molecule is CN=C(NCCN(CC1CC1)C1CC1)N1CCOC(c2cnn(C)c2)C1.I. The minimum Gasteiger partial charge on any atom is -0.370 e. The topological polar surface area (TPSA) is 57.9 Å². The Bertz CT molecular complexity index is 627. The molecule has 1 unspecified atom stereocenters. The van der Waals surface area contributed by atoms with Crippen molar-refractivity contribution in [3.05, 3.63) is 18.0 Å². The van der Waals surface area contributed by atoms with Gasteiger partial charge in [-0.15, -0.1) is 24.0 Å². The number of nitrogens with one attached hydrogen (secondary N) is 1. The highest BCUT2D eigenvalue weighted by atomic mass is 127. The van der Waals surface area contributed by atoms with Crippen molar-refractivity contribution in [3.63, 3.8) is 0 Å². The lowest BCUT2D eigenvalue weighted by atomic mass is 10.1. The van der Waals surface area contributed by atoms with E-state index in [0.29, 0.717) is 0 Å². The third-order valence-electron chi connectivity index (χ3n) is 5.61. The van der Waals surface area contributed by atoms with Crippen molar-refractivity contribution in [2.75, 3.05) is 46.4 Å². The summed E-state index contributed by atoms with van der Waals surface area (Å²) in [6, 6.07) is 0.845. The van der Waals surface area contributed by atoms with Crippen LogP contribution in [0.4, 0.5) is 0 Å². The van der Waals surface area contributed by atoms with Crippen molar-refractivity contribution < 1.29 is 4.74 Å². The van der Waals surface area contributed by atoms with Gasteiger partial charge < -0.3 is 15.0 Å². The molecular formula is C19H33IN6O. The standard InChI is InChI=1S/C19H32N6O.HI/c1-20-19(21-7-8-24(17-5-6-17)12-15-3-4-15)25-9-10-26-18(14-25)16-11-22-23(2)13-16;/h11,13,15,17-18H,3-10,12,14H2,1-2H3,(H,20,21);1H. The fourth-order valence-corrected chi connectivity index (χ4v) is 3.79. The Morgan fingerprint density at radius 3 is 2.81 bits per heavy atom. The van der Waals surface area contributed by atoms with E-state index >= 15 is 0 Å². The van der Waals surface area contributed by atoms with E-state index < -0.39 is 0 Å². The molecule has 2 aliphatic carbocycles. The summed E-state index contributed by atoms with van der Waals surface area (Å²) in [5, 5.41) is 7.85.